The lowest BCUT2D eigenvalue weighted by atomic mass is 9.92. The fraction of sp³-hybridized carbons (Fsp3) is 0.179. The SMILES string of the molecule is CCOC(=O)C1=C(c2ccccc2)N=c2s/c(=C\c3ccc[nH]3)c(=O)n2[C@@H]1c1cccc(OC)c1OC. The highest BCUT2D eigenvalue weighted by molar-refractivity contribution is 7.07. The van der Waals surface area contributed by atoms with E-state index in [9.17, 15) is 9.59 Å². The number of hydrogen-bond acceptors (Lipinski definition) is 7. The Morgan fingerprint density at radius 2 is 1.89 bits per heavy atom. The summed E-state index contributed by atoms with van der Waals surface area (Å²) in [5, 5.41) is 0. The molecule has 4 aromatic rings. The van der Waals surface area contributed by atoms with Crippen LogP contribution in [-0.4, -0.2) is 36.3 Å². The first kappa shape index (κ1) is 24.3. The van der Waals surface area contributed by atoms with Crippen LogP contribution in [0.5, 0.6) is 11.5 Å². The summed E-state index contributed by atoms with van der Waals surface area (Å²) < 4.78 is 18.8. The summed E-state index contributed by atoms with van der Waals surface area (Å²) in [5.74, 6) is 0.346. The van der Waals surface area contributed by atoms with Crippen molar-refractivity contribution in [1.29, 1.82) is 0 Å². The van der Waals surface area contributed by atoms with Gasteiger partial charge in [0.2, 0.25) is 0 Å². The van der Waals surface area contributed by atoms with Crippen molar-refractivity contribution < 1.29 is 19.0 Å². The minimum Gasteiger partial charge on any atom is -0.493 e. The van der Waals surface area contributed by atoms with Crippen molar-refractivity contribution in [3.8, 4) is 11.5 Å². The molecule has 0 aliphatic carbocycles. The van der Waals surface area contributed by atoms with Crippen molar-refractivity contribution in [3.05, 3.63) is 109 Å². The third-order valence-electron chi connectivity index (χ3n) is 6.01. The monoisotopic (exact) mass is 515 g/mol. The Labute approximate surface area is 216 Å². The number of esters is 1. The van der Waals surface area contributed by atoms with E-state index in [-0.39, 0.29) is 17.7 Å². The minimum atomic E-state index is -0.860. The smallest absolute Gasteiger partial charge is 0.338 e. The number of aromatic amines is 1. The summed E-state index contributed by atoms with van der Waals surface area (Å²) in [5.41, 5.74) is 2.52. The average molecular weight is 516 g/mol. The average Bonchev–Trinajstić information content (AvgIpc) is 3.55. The third-order valence-corrected chi connectivity index (χ3v) is 6.99. The number of carbonyl (C=O) groups is 1. The fourth-order valence-corrected chi connectivity index (χ4v) is 5.43. The number of rotatable bonds is 7. The summed E-state index contributed by atoms with van der Waals surface area (Å²) in [4.78, 5) is 35.8. The number of nitrogens with zero attached hydrogens (tertiary/aromatic N) is 2. The summed E-state index contributed by atoms with van der Waals surface area (Å²) in [7, 11) is 3.07. The molecule has 0 amide bonds. The number of H-pyrrole nitrogens is 1. The number of nitrogens with one attached hydrogen (secondary N) is 1. The largest absolute Gasteiger partial charge is 0.493 e. The second-order valence-electron chi connectivity index (χ2n) is 8.14. The van der Waals surface area contributed by atoms with E-state index in [4.69, 9.17) is 19.2 Å². The number of para-hydroxylation sites is 1. The van der Waals surface area contributed by atoms with Crippen LogP contribution in [0.4, 0.5) is 0 Å². The zero-order chi connectivity index (χ0) is 25.9. The van der Waals surface area contributed by atoms with Crippen LogP contribution in [0.1, 0.15) is 29.8 Å². The van der Waals surface area contributed by atoms with Crippen LogP contribution >= 0.6 is 11.3 Å². The van der Waals surface area contributed by atoms with Gasteiger partial charge >= 0.3 is 5.97 Å². The van der Waals surface area contributed by atoms with E-state index >= 15 is 0 Å². The molecule has 0 saturated heterocycles. The zero-order valence-corrected chi connectivity index (χ0v) is 21.4. The van der Waals surface area contributed by atoms with Crippen LogP contribution in [0.3, 0.4) is 0 Å². The first-order chi connectivity index (χ1) is 18.1. The molecular weight excluding hydrogens is 490 g/mol. The Hall–Kier alpha value is -4.37. The third kappa shape index (κ3) is 4.38. The molecule has 0 unspecified atom stereocenters. The lowest BCUT2D eigenvalue weighted by molar-refractivity contribution is -0.138. The second-order valence-corrected chi connectivity index (χ2v) is 9.15. The molecule has 9 heteroatoms. The molecule has 2 aromatic carbocycles. The topological polar surface area (TPSA) is 94.9 Å². The molecule has 8 nitrogen and oxygen atoms in total. The maximum absolute atomic E-state index is 13.9. The highest BCUT2D eigenvalue weighted by Gasteiger charge is 2.37. The Morgan fingerprint density at radius 1 is 1.08 bits per heavy atom. The summed E-state index contributed by atoms with van der Waals surface area (Å²) in [6.07, 6.45) is 3.57. The normalized spacial score (nSPS) is 15.2. The van der Waals surface area contributed by atoms with Crippen LogP contribution < -0.4 is 24.4 Å². The van der Waals surface area contributed by atoms with E-state index in [0.717, 1.165) is 11.3 Å². The van der Waals surface area contributed by atoms with Crippen molar-refractivity contribution in [2.45, 2.75) is 13.0 Å². The number of benzene rings is 2. The minimum absolute atomic E-state index is 0.170. The van der Waals surface area contributed by atoms with Gasteiger partial charge in [0, 0.05) is 23.0 Å². The molecule has 1 aliphatic heterocycles. The Bertz CT molecular complexity index is 1650. The summed E-state index contributed by atoms with van der Waals surface area (Å²) in [6.45, 7) is 1.91. The van der Waals surface area contributed by atoms with Crippen LogP contribution in [0, 0.1) is 0 Å². The number of carbonyl (C=O) groups excluding carboxylic acids is 1. The van der Waals surface area contributed by atoms with E-state index in [0.29, 0.717) is 32.1 Å². The quantitative estimate of drug-likeness (QED) is 0.381. The van der Waals surface area contributed by atoms with Gasteiger partial charge in [0.1, 0.15) is 6.04 Å². The molecule has 2 aromatic heterocycles. The van der Waals surface area contributed by atoms with E-state index < -0.39 is 12.0 Å². The van der Waals surface area contributed by atoms with Crippen molar-refractivity contribution in [2.75, 3.05) is 20.8 Å². The molecule has 0 fully saturated rings. The van der Waals surface area contributed by atoms with Crippen LogP contribution in [0.25, 0.3) is 11.8 Å². The molecule has 37 heavy (non-hydrogen) atoms. The van der Waals surface area contributed by atoms with Crippen LogP contribution in [0.2, 0.25) is 0 Å². The van der Waals surface area contributed by atoms with Gasteiger partial charge in [0.25, 0.3) is 5.56 Å². The molecule has 5 rings (SSSR count). The van der Waals surface area contributed by atoms with Crippen molar-refractivity contribution in [2.24, 2.45) is 4.99 Å². The predicted molar refractivity (Wildman–Crippen MR) is 141 cm³/mol. The molecule has 0 radical (unpaired) electrons. The van der Waals surface area contributed by atoms with Gasteiger partial charge in [-0.3, -0.25) is 9.36 Å². The van der Waals surface area contributed by atoms with E-state index in [1.165, 1.54) is 23.0 Å². The van der Waals surface area contributed by atoms with Gasteiger partial charge in [0.05, 0.1) is 36.6 Å². The molecule has 3 heterocycles. The van der Waals surface area contributed by atoms with Gasteiger partial charge in [-0.05, 0) is 31.2 Å². The van der Waals surface area contributed by atoms with Gasteiger partial charge in [-0.2, -0.15) is 0 Å². The van der Waals surface area contributed by atoms with Crippen LogP contribution in [-0.2, 0) is 9.53 Å². The molecule has 188 valence electrons. The van der Waals surface area contributed by atoms with Crippen molar-refractivity contribution >= 4 is 29.1 Å². The van der Waals surface area contributed by atoms with Crippen LogP contribution in [0.15, 0.2) is 82.2 Å². The van der Waals surface area contributed by atoms with Gasteiger partial charge < -0.3 is 19.2 Å². The zero-order valence-electron chi connectivity index (χ0n) is 20.6. The lowest BCUT2D eigenvalue weighted by Gasteiger charge is -2.27. The van der Waals surface area contributed by atoms with Gasteiger partial charge in [-0.15, -0.1) is 0 Å². The standard InChI is InChI=1S/C28H25N3O5S/c1-4-36-27(33)22-23(17-10-6-5-7-11-17)30-28-31(26(32)21(37-28)16-18-12-9-15-29-18)24(22)19-13-8-14-20(34-2)25(19)35-3/h5-16,24,29H,4H2,1-3H3/b21-16-/t24-/m1/s1. The first-order valence-corrected chi connectivity index (χ1v) is 12.5. The number of ether oxygens (including phenoxy) is 3. The molecule has 0 spiro atoms. The molecule has 1 N–H and O–H groups in total. The van der Waals surface area contributed by atoms with Crippen molar-refractivity contribution in [3.63, 3.8) is 0 Å². The van der Waals surface area contributed by atoms with Gasteiger partial charge in [0.15, 0.2) is 16.3 Å². The van der Waals surface area contributed by atoms with E-state index in [1.807, 2.05) is 48.5 Å². The molecular formula is C28H25N3O5S. The number of methoxy groups -OCH3 is 2. The molecule has 0 bridgehead atoms. The maximum atomic E-state index is 13.9. The van der Waals surface area contributed by atoms with Gasteiger partial charge in [-0.1, -0.05) is 53.8 Å². The lowest BCUT2D eigenvalue weighted by Crippen LogP contribution is -2.40. The molecule has 1 aliphatic rings. The number of hydrogen-bond donors (Lipinski definition) is 1. The van der Waals surface area contributed by atoms with Crippen molar-refractivity contribution in [1.82, 2.24) is 9.55 Å². The Balaban J connectivity index is 1.89. The van der Waals surface area contributed by atoms with E-state index in [2.05, 4.69) is 4.98 Å². The highest BCUT2D eigenvalue weighted by atomic mass is 32.1. The predicted octanol–water partition coefficient (Wildman–Crippen LogP) is 3.28. The van der Waals surface area contributed by atoms with Gasteiger partial charge in [-0.25, -0.2) is 9.79 Å². The second kappa shape index (κ2) is 10.3. The molecule has 0 saturated carbocycles. The Kier molecular flexibility index (Phi) is 6.78. The summed E-state index contributed by atoms with van der Waals surface area (Å²) in [6, 6.07) is 17.7. The number of fused-ring (bicyclic) bond motifs is 1. The molecule has 1 atom stereocenters. The Morgan fingerprint density at radius 3 is 2.57 bits per heavy atom. The highest BCUT2D eigenvalue weighted by Crippen LogP contribution is 2.42. The first-order valence-electron chi connectivity index (χ1n) is 11.7. The fourth-order valence-electron chi connectivity index (χ4n) is 4.44. The summed E-state index contributed by atoms with van der Waals surface area (Å²) >= 11 is 1.26. The number of aromatic nitrogens is 2. The van der Waals surface area contributed by atoms with E-state index in [1.54, 1.807) is 38.4 Å². The maximum Gasteiger partial charge on any atom is 0.338 e. The number of thiazole rings is 1.